The van der Waals surface area contributed by atoms with Gasteiger partial charge in [0.25, 0.3) is 0 Å². The SMILES string of the molecule is CC[C@H]1CC[C@H]2[C@@H]3CCC4=CCCC[C@]4(C)[C@@]3(Br)CC[C@]12C. The molecule has 6 atom stereocenters. The van der Waals surface area contributed by atoms with Gasteiger partial charge >= 0.3 is 0 Å². The number of allylic oxidation sites excluding steroid dienone is 2. The Kier molecular flexibility index (Phi) is 3.65. The van der Waals surface area contributed by atoms with Crippen LogP contribution >= 0.6 is 15.9 Å². The fourth-order valence-electron chi connectivity index (χ4n) is 7.42. The first-order valence-electron chi connectivity index (χ1n) is 9.84. The van der Waals surface area contributed by atoms with Crippen LogP contribution in [0.3, 0.4) is 0 Å². The van der Waals surface area contributed by atoms with Crippen molar-refractivity contribution in [3.05, 3.63) is 11.6 Å². The topological polar surface area (TPSA) is 0 Å². The van der Waals surface area contributed by atoms with E-state index in [2.05, 4.69) is 42.8 Å². The van der Waals surface area contributed by atoms with Crippen molar-refractivity contribution in [1.82, 2.24) is 0 Å². The highest BCUT2D eigenvalue weighted by atomic mass is 79.9. The molecule has 4 aliphatic rings. The van der Waals surface area contributed by atoms with Crippen molar-refractivity contribution in [1.29, 1.82) is 0 Å². The van der Waals surface area contributed by atoms with Gasteiger partial charge in [-0.05, 0) is 81.0 Å². The predicted molar refractivity (Wildman–Crippen MR) is 98.3 cm³/mol. The molecular weight excluding hydrogens is 332 g/mol. The third-order valence-electron chi connectivity index (χ3n) is 8.82. The summed E-state index contributed by atoms with van der Waals surface area (Å²) >= 11 is 4.43. The highest BCUT2D eigenvalue weighted by Crippen LogP contribution is 2.71. The molecule has 0 aromatic rings. The molecule has 1 heteroatoms. The first kappa shape index (κ1) is 15.7. The minimum absolute atomic E-state index is 0.400. The summed E-state index contributed by atoms with van der Waals surface area (Å²) in [4.78, 5) is 0. The van der Waals surface area contributed by atoms with E-state index in [1.54, 1.807) is 5.57 Å². The Morgan fingerprint density at radius 2 is 1.91 bits per heavy atom. The monoisotopic (exact) mass is 364 g/mol. The second kappa shape index (κ2) is 5.11. The minimum Gasteiger partial charge on any atom is -0.0847 e. The lowest BCUT2D eigenvalue weighted by Gasteiger charge is -2.63. The second-order valence-corrected chi connectivity index (χ2v) is 10.7. The first-order valence-corrected chi connectivity index (χ1v) is 10.6. The number of rotatable bonds is 1. The van der Waals surface area contributed by atoms with E-state index >= 15 is 0 Å². The van der Waals surface area contributed by atoms with Crippen LogP contribution in [0, 0.1) is 28.6 Å². The summed E-state index contributed by atoms with van der Waals surface area (Å²) in [6.07, 6.45) is 16.9. The summed E-state index contributed by atoms with van der Waals surface area (Å²) in [5, 5.41) is 0. The lowest BCUT2D eigenvalue weighted by molar-refractivity contribution is -0.0274. The Labute approximate surface area is 145 Å². The van der Waals surface area contributed by atoms with Gasteiger partial charge in [0, 0.05) is 9.74 Å². The third kappa shape index (κ3) is 1.81. The van der Waals surface area contributed by atoms with Gasteiger partial charge in [0.1, 0.15) is 0 Å². The minimum atomic E-state index is 0.400. The maximum Gasteiger partial charge on any atom is 0.0379 e. The number of hydrogen-bond donors (Lipinski definition) is 0. The molecule has 22 heavy (non-hydrogen) atoms. The maximum atomic E-state index is 4.43. The zero-order valence-electron chi connectivity index (χ0n) is 14.8. The van der Waals surface area contributed by atoms with Gasteiger partial charge in [-0.2, -0.15) is 0 Å². The summed E-state index contributed by atoms with van der Waals surface area (Å²) in [7, 11) is 0. The molecule has 0 nitrogen and oxygen atoms in total. The lowest BCUT2D eigenvalue weighted by atomic mass is 9.46. The van der Waals surface area contributed by atoms with Crippen LogP contribution in [0.5, 0.6) is 0 Å². The third-order valence-corrected chi connectivity index (χ3v) is 10.7. The van der Waals surface area contributed by atoms with Crippen LogP contribution in [0.2, 0.25) is 0 Å². The van der Waals surface area contributed by atoms with Crippen molar-refractivity contribution in [2.24, 2.45) is 28.6 Å². The summed E-state index contributed by atoms with van der Waals surface area (Å²) in [6.45, 7) is 7.69. The largest absolute Gasteiger partial charge is 0.0847 e. The first-order chi connectivity index (χ1) is 10.5. The Morgan fingerprint density at radius 3 is 2.68 bits per heavy atom. The molecule has 0 aromatic carbocycles. The van der Waals surface area contributed by atoms with Crippen LogP contribution in [0.1, 0.15) is 85.0 Å². The molecule has 0 spiro atoms. The van der Waals surface area contributed by atoms with Crippen molar-refractivity contribution >= 4 is 15.9 Å². The van der Waals surface area contributed by atoms with Gasteiger partial charge in [0.15, 0.2) is 0 Å². The van der Waals surface area contributed by atoms with E-state index in [0.29, 0.717) is 15.2 Å². The fourth-order valence-corrected chi connectivity index (χ4v) is 8.61. The number of halogens is 1. The molecule has 124 valence electrons. The van der Waals surface area contributed by atoms with E-state index in [1.807, 2.05) is 0 Å². The predicted octanol–water partition coefficient (Wildman–Crippen LogP) is 6.88. The van der Waals surface area contributed by atoms with Crippen molar-refractivity contribution in [2.75, 3.05) is 0 Å². The van der Waals surface area contributed by atoms with Gasteiger partial charge in [0.2, 0.25) is 0 Å². The molecule has 0 unspecified atom stereocenters. The Balaban J connectivity index is 1.73. The lowest BCUT2D eigenvalue weighted by Crippen LogP contribution is -2.59. The highest BCUT2D eigenvalue weighted by molar-refractivity contribution is 9.10. The van der Waals surface area contributed by atoms with Gasteiger partial charge in [-0.3, -0.25) is 0 Å². The van der Waals surface area contributed by atoms with Crippen LogP contribution in [-0.2, 0) is 0 Å². The van der Waals surface area contributed by atoms with Crippen molar-refractivity contribution in [2.45, 2.75) is 89.3 Å². The number of alkyl halides is 1. The molecule has 0 heterocycles. The zero-order chi connectivity index (χ0) is 15.6. The molecule has 4 rings (SSSR count). The summed E-state index contributed by atoms with van der Waals surface area (Å²) in [6, 6.07) is 0. The molecule has 0 aliphatic heterocycles. The fraction of sp³-hybridized carbons (Fsp3) is 0.905. The van der Waals surface area contributed by atoms with E-state index in [4.69, 9.17) is 0 Å². The maximum absolute atomic E-state index is 4.43. The highest BCUT2D eigenvalue weighted by Gasteiger charge is 2.64. The Hall–Kier alpha value is 0.220. The van der Waals surface area contributed by atoms with E-state index in [9.17, 15) is 0 Å². The summed E-state index contributed by atoms with van der Waals surface area (Å²) in [5.74, 6) is 2.89. The van der Waals surface area contributed by atoms with Crippen molar-refractivity contribution < 1.29 is 0 Å². The van der Waals surface area contributed by atoms with Gasteiger partial charge in [-0.25, -0.2) is 0 Å². The molecule has 0 saturated heterocycles. The number of fused-ring (bicyclic) bond motifs is 5. The molecule has 3 saturated carbocycles. The van der Waals surface area contributed by atoms with Crippen LogP contribution in [-0.4, -0.2) is 4.32 Å². The van der Waals surface area contributed by atoms with Crippen LogP contribution in [0.4, 0.5) is 0 Å². The second-order valence-electron chi connectivity index (χ2n) is 9.26. The summed E-state index contributed by atoms with van der Waals surface area (Å²) in [5.41, 5.74) is 2.89. The van der Waals surface area contributed by atoms with E-state index in [1.165, 1.54) is 64.2 Å². The average Bonchev–Trinajstić information content (AvgIpc) is 2.84. The normalized spacial score (nSPS) is 54.2. The van der Waals surface area contributed by atoms with E-state index in [0.717, 1.165) is 17.8 Å². The molecule has 3 fully saturated rings. The molecule has 0 amide bonds. The smallest absolute Gasteiger partial charge is 0.0379 e. The molecule has 4 aliphatic carbocycles. The van der Waals surface area contributed by atoms with E-state index < -0.39 is 0 Å². The molecule has 0 aromatic heterocycles. The van der Waals surface area contributed by atoms with Gasteiger partial charge in [-0.15, -0.1) is 0 Å². The van der Waals surface area contributed by atoms with Gasteiger partial charge < -0.3 is 0 Å². The standard InChI is InChI=1S/C21H33Br/c1-4-15-8-10-17-18-11-9-16-7-5-6-12-20(16,3)21(18,22)14-13-19(15,17)2/h7,15,17-18H,4-6,8-14H2,1-3H3/t15-,17-,18-,19+,20-,21+/m0/s1. The van der Waals surface area contributed by atoms with Crippen LogP contribution in [0.15, 0.2) is 11.6 Å². The molecule has 0 bridgehead atoms. The van der Waals surface area contributed by atoms with Gasteiger partial charge in [0.05, 0.1) is 0 Å². The number of hydrogen-bond acceptors (Lipinski definition) is 0. The Morgan fingerprint density at radius 1 is 1.09 bits per heavy atom. The molecule has 0 radical (unpaired) electrons. The van der Waals surface area contributed by atoms with Gasteiger partial charge in [-0.1, -0.05) is 54.8 Å². The summed E-state index contributed by atoms with van der Waals surface area (Å²) < 4.78 is 0.400. The van der Waals surface area contributed by atoms with Crippen LogP contribution in [0.25, 0.3) is 0 Å². The average molecular weight is 365 g/mol. The zero-order valence-corrected chi connectivity index (χ0v) is 16.3. The van der Waals surface area contributed by atoms with Crippen molar-refractivity contribution in [3.8, 4) is 0 Å². The molecular formula is C21H33Br. The quantitative estimate of drug-likeness (QED) is 0.351. The van der Waals surface area contributed by atoms with E-state index in [-0.39, 0.29) is 0 Å². The Bertz CT molecular complexity index is 494. The molecule has 0 N–H and O–H groups in total. The van der Waals surface area contributed by atoms with Crippen molar-refractivity contribution in [3.63, 3.8) is 0 Å². The van der Waals surface area contributed by atoms with Crippen LogP contribution < -0.4 is 0 Å².